The number of aryl methyl sites for hydroxylation is 2. The van der Waals surface area contributed by atoms with Gasteiger partial charge in [-0.3, -0.25) is 0 Å². The highest BCUT2D eigenvalue weighted by molar-refractivity contribution is 5.87. The Bertz CT molecular complexity index is 605. The molecule has 0 radical (unpaired) electrons. The Morgan fingerprint density at radius 1 is 1.50 bits per heavy atom. The molecular weight excluding hydrogens is 222 g/mol. The van der Waals surface area contributed by atoms with Crippen LogP contribution >= 0.6 is 0 Å². The molecule has 2 rings (SSSR count). The fourth-order valence-corrected chi connectivity index (χ4v) is 2.15. The van der Waals surface area contributed by atoms with E-state index in [-0.39, 0.29) is 0 Å². The molecule has 0 saturated heterocycles. The zero-order valence-corrected chi connectivity index (χ0v) is 11.2. The quantitative estimate of drug-likeness (QED) is 0.809. The first kappa shape index (κ1) is 12.4. The third-order valence-electron chi connectivity index (χ3n) is 2.88. The molecule has 18 heavy (non-hydrogen) atoms. The Labute approximate surface area is 108 Å². The van der Waals surface area contributed by atoms with Crippen LogP contribution in [-0.4, -0.2) is 10.8 Å². The summed E-state index contributed by atoms with van der Waals surface area (Å²) < 4.78 is 2.14. The molecule has 0 bridgehead atoms. The number of anilines is 1. The first-order chi connectivity index (χ1) is 8.61. The molecule has 0 amide bonds. The molecule has 3 nitrogen and oxygen atoms in total. The number of rotatable bonds is 4. The van der Waals surface area contributed by atoms with Gasteiger partial charge in [0, 0.05) is 30.5 Å². The van der Waals surface area contributed by atoms with Gasteiger partial charge in [-0.05, 0) is 37.1 Å². The third kappa shape index (κ3) is 2.45. The number of aliphatic imine (C=N–C) groups is 1. The summed E-state index contributed by atoms with van der Waals surface area (Å²) in [5, 5.41) is 4.45. The summed E-state index contributed by atoms with van der Waals surface area (Å²) in [5.41, 5.74) is 3.54. The Morgan fingerprint density at radius 3 is 3.00 bits per heavy atom. The average molecular weight is 241 g/mol. The van der Waals surface area contributed by atoms with Crippen LogP contribution in [0.3, 0.4) is 0 Å². The molecule has 1 aromatic carbocycles. The number of benzene rings is 1. The third-order valence-corrected chi connectivity index (χ3v) is 2.88. The van der Waals surface area contributed by atoms with Gasteiger partial charge in [-0.1, -0.05) is 13.5 Å². The Balaban J connectivity index is 2.30. The van der Waals surface area contributed by atoms with Crippen LogP contribution in [0.5, 0.6) is 0 Å². The number of hydrogen-bond acceptors (Lipinski definition) is 2. The highest BCUT2D eigenvalue weighted by Gasteiger charge is 2.04. The average Bonchev–Trinajstić information content (AvgIpc) is 2.68. The van der Waals surface area contributed by atoms with Crippen molar-refractivity contribution in [3.05, 3.63) is 42.4 Å². The van der Waals surface area contributed by atoms with Crippen LogP contribution in [0.25, 0.3) is 10.9 Å². The van der Waals surface area contributed by atoms with Gasteiger partial charge in [0.1, 0.15) is 5.82 Å². The maximum Gasteiger partial charge on any atom is 0.122 e. The molecule has 94 valence electrons. The van der Waals surface area contributed by atoms with Gasteiger partial charge >= 0.3 is 0 Å². The molecule has 1 heterocycles. The first-order valence-corrected chi connectivity index (χ1v) is 6.16. The summed E-state index contributed by atoms with van der Waals surface area (Å²) in [6.07, 6.45) is 4.84. The number of nitrogens with zero attached hydrogens (tertiary/aromatic N) is 2. The van der Waals surface area contributed by atoms with E-state index in [9.17, 15) is 0 Å². The highest BCUT2D eigenvalue weighted by Crippen LogP contribution is 2.24. The molecule has 0 fully saturated rings. The monoisotopic (exact) mass is 241 g/mol. The molecule has 3 heteroatoms. The molecule has 0 aliphatic rings. The smallest absolute Gasteiger partial charge is 0.122 e. The van der Waals surface area contributed by atoms with Crippen LogP contribution in [0.15, 0.2) is 41.8 Å². The lowest BCUT2D eigenvalue weighted by Crippen LogP contribution is -1.97. The zero-order valence-electron chi connectivity index (χ0n) is 11.2. The van der Waals surface area contributed by atoms with Crippen molar-refractivity contribution in [3.8, 4) is 0 Å². The summed E-state index contributed by atoms with van der Waals surface area (Å²) in [6.45, 7) is 8.06. The minimum absolute atomic E-state index is 0.673. The molecule has 0 spiro atoms. The summed E-state index contributed by atoms with van der Waals surface area (Å²) >= 11 is 0. The van der Waals surface area contributed by atoms with E-state index in [4.69, 9.17) is 0 Å². The van der Waals surface area contributed by atoms with Crippen molar-refractivity contribution < 1.29 is 0 Å². The summed E-state index contributed by atoms with van der Waals surface area (Å²) in [5.74, 6) is 0.673. The summed E-state index contributed by atoms with van der Waals surface area (Å²) in [7, 11) is 2.06. The van der Waals surface area contributed by atoms with Gasteiger partial charge in [-0.15, -0.1) is 0 Å². The van der Waals surface area contributed by atoms with Crippen LogP contribution in [0, 0.1) is 6.92 Å². The number of fused-ring (bicyclic) bond motifs is 1. The first-order valence-electron chi connectivity index (χ1n) is 6.16. The van der Waals surface area contributed by atoms with Crippen molar-refractivity contribution in [2.75, 3.05) is 5.32 Å². The van der Waals surface area contributed by atoms with Crippen molar-refractivity contribution in [2.45, 2.75) is 20.3 Å². The van der Waals surface area contributed by atoms with E-state index in [2.05, 4.69) is 66.7 Å². The predicted octanol–water partition coefficient (Wildman–Crippen LogP) is 3.85. The Hall–Kier alpha value is -2.03. The minimum atomic E-state index is 0.673. The minimum Gasteiger partial charge on any atom is -0.350 e. The molecule has 2 aromatic rings. The zero-order chi connectivity index (χ0) is 13.1. The molecule has 0 aliphatic carbocycles. The summed E-state index contributed by atoms with van der Waals surface area (Å²) in [4.78, 5) is 4.22. The lowest BCUT2D eigenvalue weighted by Gasteiger charge is -2.08. The van der Waals surface area contributed by atoms with E-state index < -0.39 is 0 Å². The van der Waals surface area contributed by atoms with Crippen molar-refractivity contribution in [3.63, 3.8) is 0 Å². The van der Waals surface area contributed by atoms with Crippen LogP contribution in [0.2, 0.25) is 0 Å². The maximum absolute atomic E-state index is 4.22. The molecule has 0 aliphatic heterocycles. The van der Waals surface area contributed by atoms with E-state index in [1.165, 1.54) is 16.5 Å². The fraction of sp³-hybridized carbons (Fsp3) is 0.267. The number of aromatic nitrogens is 1. The van der Waals surface area contributed by atoms with Crippen molar-refractivity contribution in [1.29, 1.82) is 0 Å². The molecule has 0 atom stereocenters. The van der Waals surface area contributed by atoms with Crippen LogP contribution in [0.4, 0.5) is 5.69 Å². The van der Waals surface area contributed by atoms with Crippen LogP contribution in [0.1, 0.15) is 18.9 Å². The van der Waals surface area contributed by atoms with Crippen LogP contribution in [-0.2, 0) is 7.05 Å². The van der Waals surface area contributed by atoms with Gasteiger partial charge in [0.25, 0.3) is 0 Å². The topological polar surface area (TPSA) is 29.3 Å². The van der Waals surface area contributed by atoms with Gasteiger partial charge in [-0.2, -0.15) is 0 Å². The second kappa shape index (κ2) is 5.08. The number of hydrogen-bond donors (Lipinski definition) is 1. The van der Waals surface area contributed by atoms with Crippen molar-refractivity contribution in [2.24, 2.45) is 12.0 Å². The van der Waals surface area contributed by atoms with Gasteiger partial charge in [-0.25, -0.2) is 4.99 Å². The van der Waals surface area contributed by atoms with Gasteiger partial charge in [0.15, 0.2) is 0 Å². The van der Waals surface area contributed by atoms with Crippen molar-refractivity contribution >= 4 is 22.8 Å². The van der Waals surface area contributed by atoms with E-state index in [1.54, 1.807) is 0 Å². The standard InChI is InChI=1S/C15H19N3/c1-5-7-16-12(3)17-14-9-11(2)15-13(10-14)6-8-18(15)4/h6-10,17H,3,5H2,1-2,4H3. The van der Waals surface area contributed by atoms with E-state index in [1.807, 2.05) is 6.21 Å². The molecular formula is C15H19N3. The molecule has 1 N–H and O–H groups in total. The van der Waals surface area contributed by atoms with Gasteiger partial charge < -0.3 is 9.88 Å². The number of nitrogens with one attached hydrogen (secondary N) is 1. The molecule has 0 unspecified atom stereocenters. The summed E-state index contributed by atoms with van der Waals surface area (Å²) in [6, 6.07) is 6.36. The Kier molecular flexibility index (Phi) is 3.51. The Morgan fingerprint density at radius 2 is 2.28 bits per heavy atom. The normalized spacial score (nSPS) is 11.3. The SMILES string of the molecule is C=C(N=CCC)Nc1cc(C)c2c(ccn2C)c1. The maximum atomic E-state index is 4.22. The largest absolute Gasteiger partial charge is 0.350 e. The fourth-order valence-electron chi connectivity index (χ4n) is 2.15. The second-order valence-electron chi connectivity index (χ2n) is 4.45. The van der Waals surface area contributed by atoms with Crippen molar-refractivity contribution in [1.82, 2.24) is 4.57 Å². The van der Waals surface area contributed by atoms with E-state index >= 15 is 0 Å². The molecule has 0 saturated carbocycles. The van der Waals surface area contributed by atoms with E-state index in [0.29, 0.717) is 5.82 Å². The molecule has 1 aromatic heterocycles. The second-order valence-corrected chi connectivity index (χ2v) is 4.45. The lowest BCUT2D eigenvalue weighted by molar-refractivity contribution is 0.964. The van der Waals surface area contributed by atoms with Gasteiger partial charge in [0.05, 0.1) is 5.52 Å². The lowest BCUT2D eigenvalue weighted by atomic mass is 10.1. The van der Waals surface area contributed by atoms with Crippen LogP contribution < -0.4 is 5.32 Å². The predicted molar refractivity (Wildman–Crippen MR) is 79.2 cm³/mol. The van der Waals surface area contributed by atoms with Gasteiger partial charge in [0.2, 0.25) is 0 Å². The highest BCUT2D eigenvalue weighted by atomic mass is 15.0. The van der Waals surface area contributed by atoms with E-state index in [0.717, 1.165) is 12.1 Å².